The van der Waals surface area contributed by atoms with Crippen LogP contribution in [0.5, 0.6) is 0 Å². The van der Waals surface area contributed by atoms with E-state index in [9.17, 15) is 14.4 Å². The van der Waals surface area contributed by atoms with Crippen molar-refractivity contribution in [2.24, 2.45) is 0 Å². The van der Waals surface area contributed by atoms with E-state index < -0.39 is 0 Å². The molecule has 0 radical (unpaired) electrons. The van der Waals surface area contributed by atoms with Crippen molar-refractivity contribution in [1.82, 2.24) is 10.2 Å². The fourth-order valence-electron chi connectivity index (χ4n) is 2.89. The molecule has 3 rings (SSSR count). The lowest BCUT2D eigenvalue weighted by Gasteiger charge is -2.17. The highest BCUT2D eigenvalue weighted by atomic mass is 16.2. The van der Waals surface area contributed by atoms with Gasteiger partial charge in [-0.25, -0.2) is 0 Å². The van der Waals surface area contributed by atoms with Crippen molar-refractivity contribution >= 4 is 23.4 Å². The number of benzene rings is 1. The molecule has 1 atom stereocenters. The molecule has 0 spiro atoms. The first-order chi connectivity index (χ1) is 10.0. The summed E-state index contributed by atoms with van der Waals surface area (Å²) in [7, 11) is 1.46. The van der Waals surface area contributed by atoms with Crippen LogP contribution in [0.4, 0.5) is 5.69 Å². The van der Waals surface area contributed by atoms with Crippen LogP contribution in [-0.4, -0.2) is 48.8 Å². The van der Waals surface area contributed by atoms with E-state index in [1.54, 1.807) is 23.1 Å². The maximum Gasteiger partial charge on any atom is 0.261 e. The zero-order valence-electron chi connectivity index (χ0n) is 12.0. The van der Waals surface area contributed by atoms with E-state index in [0.717, 1.165) is 17.9 Å². The van der Waals surface area contributed by atoms with E-state index in [2.05, 4.69) is 5.32 Å². The normalized spacial score (nSPS) is 21.4. The zero-order chi connectivity index (χ0) is 15.1. The van der Waals surface area contributed by atoms with Crippen LogP contribution in [0, 0.1) is 0 Å². The van der Waals surface area contributed by atoms with Crippen molar-refractivity contribution in [3.63, 3.8) is 0 Å². The summed E-state index contributed by atoms with van der Waals surface area (Å²) < 4.78 is 0. The van der Waals surface area contributed by atoms with Gasteiger partial charge >= 0.3 is 0 Å². The summed E-state index contributed by atoms with van der Waals surface area (Å²) in [5, 5.41) is 3.15. The first-order valence-electron chi connectivity index (χ1n) is 7.05. The van der Waals surface area contributed by atoms with E-state index in [0.29, 0.717) is 23.4 Å². The number of carbonyl (C=O) groups is 3. The number of hydrogen-bond donors (Lipinski definition) is 1. The first-order valence-corrected chi connectivity index (χ1v) is 7.05. The van der Waals surface area contributed by atoms with Crippen molar-refractivity contribution in [3.8, 4) is 0 Å². The van der Waals surface area contributed by atoms with Crippen molar-refractivity contribution in [2.75, 3.05) is 25.0 Å². The van der Waals surface area contributed by atoms with E-state index in [1.165, 1.54) is 7.05 Å². The minimum absolute atomic E-state index is 0.0157. The van der Waals surface area contributed by atoms with Crippen molar-refractivity contribution in [3.05, 3.63) is 29.3 Å². The molecular formula is C15H17N3O3. The number of amides is 3. The topological polar surface area (TPSA) is 69.7 Å². The predicted molar refractivity (Wildman–Crippen MR) is 77.3 cm³/mol. The summed E-state index contributed by atoms with van der Waals surface area (Å²) in [6, 6.07) is 4.84. The fraction of sp³-hybridized carbons (Fsp3) is 0.400. The molecule has 1 saturated heterocycles. The Hall–Kier alpha value is -2.21. The van der Waals surface area contributed by atoms with E-state index >= 15 is 0 Å². The van der Waals surface area contributed by atoms with Gasteiger partial charge in [0, 0.05) is 19.3 Å². The van der Waals surface area contributed by atoms with Gasteiger partial charge in [0.15, 0.2) is 0 Å². The van der Waals surface area contributed by atoms with Crippen LogP contribution < -0.4 is 10.2 Å². The number of fused-ring (bicyclic) bond motifs is 1. The number of nitrogens with zero attached hydrogens (tertiary/aromatic N) is 2. The lowest BCUT2D eigenvalue weighted by Crippen LogP contribution is -2.38. The van der Waals surface area contributed by atoms with Gasteiger partial charge in [0.25, 0.3) is 11.8 Å². The summed E-state index contributed by atoms with van der Waals surface area (Å²) in [4.78, 5) is 38.9. The third kappa shape index (κ3) is 2.03. The molecule has 6 nitrogen and oxygen atoms in total. The number of nitrogens with one attached hydrogen (secondary N) is 1. The van der Waals surface area contributed by atoms with Gasteiger partial charge in [-0.05, 0) is 31.2 Å². The number of rotatable bonds is 3. The Morgan fingerprint density at radius 3 is 2.62 bits per heavy atom. The molecule has 1 unspecified atom stereocenters. The summed E-state index contributed by atoms with van der Waals surface area (Å²) in [5.74, 6) is -0.589. The standard InChI is InChI=1S/C15H17N3O3/c1-3-16-12-6-7-18(15(12)21)9-4-5-10-11(8-9)14(20)17(2)13(10)19/h4-5,8,12,16H,3,6-7H2,1-2H3. The van der Waals surface area contributed by atoms with E-state index in [-0.39, 0.29) is 23.8 Å². The largest absolute Gasteiger partial charge is 0.311 e. The van der Waals surface area contributed by atoms with Crippen LogP contribution in [0.3, 0.4) is 0 Å². The maximum atomic E-state index is 12.3. The molecule has 2 aliphatic rings. The molecule has 21 heavy (non-hydrogen) atoms. The lowest BCUT2D eigenvalue weighted by molar-refractivity contribution is -0.118. The number of likely N-dealkylation sites (N-methyl/N-ethyl adjacent to an activating group) is 1. The fourth-order valence-corrected chi connectivity index (χ4v) is 2.89. The molecule has 0 bridgehead atoms. The van der Waals surface area contributed by atoms with E-state index in [1.807, 2.05) is 6.92 Å². The molecule has 0 aliphatic carbocycles. The van der Waals surface area contributed by atoms with Gasteiger partial charge in [0.1, 0.15) is 0 Å². The Kier molecular flexibility index (Phi) is 3.25. The van der Waals surface area contributed by atoms with Crippen LogP contribution in [-0.2, 0) is 4.79 Å². The average molecular weight is 287 g/mol. The van der Waals surface area contributed by atoms with Crippen molar-refractivity contribution < 1.29 is 14.4 Å². The highest BCUT2D eigenvalue weighted by molar-refractivity contribution is 6.21. The Morgan fingerprint density at radius 2 is 1.90 bits per heavy atom. The number of imide groups is 1. The number of hydrogen-bond acceptors (Lipinski definition) is 4. The quantitative estimate of drug-likeness (QED) is 0.828. The Balaban J connectivity index is 1.91. The molecule has 1 aromatic carbocycles. The first kappa shape index (κ1) is 13.8. The molecule has 2 aliphatic heterocycles. The number of anilines is 1. The molecule has 0 aromatic heterocycles. The Labute approximate surface area is 122 Å². The average Bonchev–Trinajstić information content (AvgIpc) is 2.95. The van der Waals surface area contributed by atoms with Crippen LogP contribution in [0.15, 0.2) is 18.2 Å². The van der Waals surface area contributed by atoms with Crippen LogP contribution >= 0.6 is 0 Å². The second-order valence-electron chi connectivity index (χ2n) is 5.29. The molecule has 3 amide bonds. The smallest absolute Gasteiger partial charge is 0.261 e. The summed E-state index contributed by atoms with van der Waals surface area (Å²) >= 11 is 0. The van der Waals surface area contributed by atoms with Crippen LogP contribution in [0.2, 0.25) is 0 Å². The maximum absolute atomic E-state index is 12.3. The van der Waals surface area contributed by atoms with Crippen molar-refractivity contribution in [1.29, 1.82) is 0 Å². The Bertz CT molecular complexity index is 641. The molecular weight excluding hydrogens is 270 g/mol. The summed E-state index contributed by atoms with van der Waals surface area (Å²) in [6.45, 7) is 3.32. The van der Waals surface area contributed by atoms with E-state index in [4.69, 9.17) is 0 Å². The van der Waals surface area contributed by atoms with Gasteiger partial charge < -0.3 is 10.2 Å². The SMILES string of the molecule is CCNC1CCN(c2ccc3c(c2)C(=O)N(C)C3=O)C1=O. The molecule has 2 heterocycles. The molecule has 0 saturated carbocycles. The highest BCUT2D eigenvalue weighted by Crippen LogP contribution is 2.28. The molecule has 1 aromatic rings. The van der Waals surface area contributed by atoms with Crippen LogP contribution in [0.25, 0.3) is 0 Å². The molecule has 1 fully saturated rings. The third-order valence-electron chi connectivity index (χ3n) is 4.04. The van der Waals surface area contributed by atoms with Gasteiger partial charge in [-0.2, -0.15) is 0 Å². The highest BCUT2D eigenvalue weighted by Gasteiger charge is 2.36. The second-order valence-corrected chi connectivity index (χ2v) is 5.29. The van der Waals surface area contributed by atoms with Crippen LogP contribution in [0.1, 0.15) is 34.1 Å². The zero-order valence-corrected chi connectivity index (χ0v) is 12.0. The van der Waals surface area contributed by atoms with Gasteiger partial charge in [-0.1, -0.05) is 6.92 Å². The minimum Gasteiger partial charge on any atom is -0.311 e. The van der Waals surface area contributed by atoms with Crippen molar-refractivity contribution in [2.45, 2.75) is 19.4 Å². The van der Waals surface area contributed by atoms with Gasteiger partial charge in [0.05, 0.1) is 17.2 Å². The Morgan fingerprint density at radius 1 is 1.19 bits per heavy atom. The lowest BCUT2D eigenvalue weighted by atomic mass is 10.1. The summed E-state index contributed by atoms with van der Waals surface area (Å²) in [6.07, 6.45) is 0.747. The monoisotopic (exact) mass is 287 g/mol. The molecule has 6 heteroatoms. The predicted octanol–water partition coefficient (Wildman–Crippen LogP) is 0.627. The second kappa shape index (κ2) is 4.96. The van der Waals surface area contributed by atoms with Gasteiger partial charge in [-0.15, -0.1) is 0 Å². The molecule has 1 N–H and O–H groups in total. The molecule has 110 valence electrons. The summed E-state index contributed by atoms with van der Waals surface area (Å²) in [5.41, 5.74) is 1.46. The van der Waals surface area contributed by atoms with Gasteiger partial charge in [-0.3, -0.25) is 19.3 Å². The minimum atomic E-state index is -0.313. The number of carbonyl (C=O) groups excluding carboxylic acids is 3. The van der Waals surface area contributed by atoms with Gasteiger partial charge in [0.2, 0.25) is 5.91 Å². The third-order valence-corrected chi connectivity index (χ3v) is 4.04.